The highest BCUT2D eigenvalue weighted by Crippen LogP contribution is 2.31. The van der Waals surface area contributed by atoms with Gasteiger partial charge >= 0.3 is 6.18 Å². The van der Waals surface area contributed by atoms with Crippen LogP contribution in [0.15, 0.2) is 102 Å². The van der Waals surface area contributed by atoms with Crippen LogP contribution in [-0.2, 0) is 28.0 Å². The van der Waals surface area contributed by atoms with Crippen molar-refractivity contribution in [2.24, 2.45) is 10.7 Å². The van der Waals surface area contributed by atoms with Crippen molar-refractivity contribution >= 4 is 22.8 Å². The number of allylic oxidation sites excluding steroid dienone is 1. The number of nitrogens with zero attached hydrogens (tertiary/aromatic N) is 3. The fourth-order valence-corrected chi connectivity index (χ4v) is 5.44. The highest BCUT2D eigenvalue weighted by molar-refractivity contribution is 8.13. The van der Waals surface area contributed by atoms with E-state index in [0.717, 1.165) is 35.2 Å². The van der Waals surface area contributed by atoms with Gasteiger partial charge in [0.15, 0.2) is 10.9 Å². The highest BCUT2D eigenvalue weighted by atomic mass is 32.2. The van der Waals surface area contributed by atoms with Crippen molar-refractivity contribution in [3.8, 4) is 11.1 Å². The number of ether oxygens (including phenoxy) is 1. The van der Waals surface area contributed by atoms with Gasteiger partial charge in [-0.05, 0) is 52.9 Å². The number of amidine groups is 1. The van der Waals surface area contributed by atoms with Gasteiger partial charge in [0.2, 0.25) is 5.91 Å². The van der Waals surface area contributed by atoms with E-state index in [9.17, 15) is 26.7 Å². The van der Waals surface area contributed by atoms with E-state index in [0.29, 0.717) is 48.2 Å². The number of halogens is 5. The number of alkyl halides is 4. The molecule has 0 saturated heterocycles. The predicted octanol–water partition coefficient (Wildman–Crippen LogP) is 7.77. The quantitative estimate of drug-likeness (QED) is 0.213. The summed E-state index contributed by atoms with van der Waals surface area (Å²) in [6.07, 6.45) is 0.0656. The Morgan fingerprint density at radius 3 is 2.11 bits per heavy atom. The Morgan fingerprint density at radius 2 is 1.57 bits per heavy atom. The predicted molar refractivity (Wildman–Crippen MR) is 174 cm³/mol. The Labute approximate surface area is 270 Å². The molecule has 0 spiro atoms. The average molecular weight is 661 g/mol. The first kappa shape index (κ1) is 36.3. The minimum atomic E-state index is -4.39. The van der Waals surface area contributed by atoms with Crippen LogP contribution in [0, 0.1) is 5.82 Å². The summed E-state index contributed by atoms with van der Waals surface area (Å²) in [5, 5.41) is 0.608. The number of carbonyl (C=O) groups is 1. The fraction of sp³-hybridized carbons (Fsp3) is 0.294. The van der Waals surface area contributed by atoms with Gasteiger partial charge in [0.25, 0.3) is 0 Å². The van der Waals surface area contributed by atoms with Crippen molar-refractivity contribution in [3.05, 3.63) is 119 Å². The molecule has 1 heterocycles. The normalized spacial score (nSPS) is 13.8. The Balaban J connectivity index is 0.00000282. The van der Waals surface area contributed by atoms with Gasteiger partial charge in [-0.1, -0.05) is 73.3 Å². The number of methoxy groups -OCH3 is 1. The van der Waals surface area contributed by atoms with E-state index in [1.165, 1.54) is 36.0 Å². The van der Waals surface area contributed by atoms with E-state index in [1.54, 1.807) is 35.2 Å². The van der Waals surface area contributed by atoms with Crippen molar-refractivity contribution in [1.82, 2.24) is 9.80 Å². The number of aliphatic imine (C=N–C) groups is 1. The Morgan fingerprint density at radius 1 is 0.978 bits per heavy atom. The van der Waals surface area contributed by atoms with E-state index in [1.807, 2.05) is 37.3 Å². The van der Waals surface area contributed by atoms with Gasteiger partial charge in [-0.25, -0.2) is 9.38 Å². The summed E-state index contributed by atoms with van der Waals surface area (Å²) in [6.45, 7) is 2.87. The largest absolute Gasteiger partial charge is 0.493 e. The van der Waals surface area contributed by atoms with E-state index in [4.69, 9.17) is 15.5 Å². The third kappa shape index (κ3) is 10.2. The zero-order chi connectivity index (χ0) is 33.7. The number of hydrogen-bond acceptors (Lipinski definition) is 6. The van der Waals surface area contributed by atoms with Crippen LogP contribution in [0.3, 0.4) is 0 Å². The summed E-state index contributed by atoms with van der Waals surface area (Å²) in [7, 11) is 2.05. The van der Waals surface area contributed by atoms with Crippen LogP contribution in [-0.4, -0.2) is 54.8 Å². The summed E-state index contributed by atoms with van der Waals surface area (Å²) in [5.74, 6) is 0.579. The molecule has 1 amide bonds. The van der Waals surface area contributed by atoms with E-state index < -0.39 is 11.7 Å². The van der Waals surface area contributed by atoms with Crippen molar-refractivity contribution in [2.75, 3.05) is 33.9 Å². The average Bonchev–Trinajstić information content (AvgIpc) is 3.06. The molecule has 246 valence electrons. The molecule has 0 bridgehead atoms. The van der Waals surface area contributed by atoms with Crippen molar-refractivity contribution in [1.29, 1.82) is 0 Å². The monoisotopic (exact) mass is 660 g/mol. The first-order chi connectivity index (χ1) is 22.1. The van der Waals surface area contributed by atoms with Crippen LogP contribution in [0.5, 0.6) is 0 Å². The maximum Gasteiger partial charge on any atom is 0.416 e. The lowest BCUT2D eigenvalue weighted by atomic mass is 10.0. The maximum atomic E-state index is 13.6. The molecule has 3 aromatic carbocycles. The first-order valence-corrected chi connectivity index (χ1v) is 15.4. The first-order valence-electron chi connectivity index (χ1n) is 14.4. The second-order valence-corrected chi connectivity index (χ2v) is 11.0. The standard InChI is InChI=1S/C33H34F4N4O2S.CH3F/c1-3-4-29-30(43-2)20-41(32(39-29)44-22-24-7-15-28(34)16-8-24)21-31(42)40(18-17-38)19-23-5-9-25(10-6-23)26-11-13-27(14-12-26)33(35,36)37;1-2/h4-16,20H,3,17-19,21-22,38H2,1-2H3;1H3. The lowest BCUT2D eigenvalue weighted by molar-refractivity contribution is -0.137. The zero-order valence-corrected chi connectivity index (χ0v) is 26.7. The van der Waals surface area contributed by atoms with Gasteiger partial charge in [-0.2, -0.15) is 13.2 Å². The number of benzene rings is 3. The van der Waals surface area contributed by atoms with Gasteiger partial charge in [0, 0.05) is 25.4 Å². The Hall–Kier alpha value is -4.16. The molecule has 3 aromatic rings. The van der Waals surface area contributed by atoms with Crippen molar-refractivity contribution in [3.63, 3.8) is 0 Å². The molecule has 6 nitrogen and oxygen atoms in total. The topological polar surface area (TPSA) is 71.2 Å². The third-order valence-electron chi connectivity index (χ3n) is 6.82. The summed E-state index contributed by atoms with van der Waals surface area (Å²) in [4.78, 5) is 21.8. The van der Waals surface area contributed by atoms with E-state index >= 15 is 0 Å². The smallest absolute Gasteiger partial charge is 0.416 e. The number of carbonyl (C=O) groups excluding carboxylic acids is 1. The SMILES string of the molecule is CCC=C1N=C(SCc2ccc(F)cc2)N(CC(=O)N(CCN)Cc2ccc(-c3ccc(C(F)(F)F)cc3)cc2)C=C1OC.CF. The van der Waals surface area contributed by atoms with Crippen LogP contribution in [0.25, 0.3) is 11.1 Å². The number of amides is 1. The Bertz CT molecular complexity index is 1510. The van der Waals surface area contributed by atoms with Crippen LogP contribution in [0.1, 0.15) is 30.0 Å². The lowest BCUT2D eigenvalue weighted by Crippen LogP contribution is -2.42. The second-order valence-electron chi connectivity index (χ2n) is 10.0. The fourth-order valence-electron chi connectivity index (χ4n) is 4.51. The van der Waals surface area contributed by atoms with Gasteiger partial charge in [0.05, 0.1) is 26.1 Å². The van der Waals surface area contributed by atoms with Crippen molar-refractivity contribution in [2.45, 2.75) is 31.8 Å². The molecule has 46 heavy (non-hydrogen) atoms. The van der Waals surface area contributed by atoms with Gasteiger partial charge in [-0.3, -0.25) is 9.18 Å². The van der Waals surface area contributed by atoms with E-state index in [-0.39, 0.29) is 24.8 Å². The molecule has 12 heteroatoms. The van der Waals surface area contributed by atoms with Crippen molar-refractivity contribution < 1.29 is 31.5 Å². The molecule has 0 fully saturated rings. The van der Waals surface area contributed by atoms with Crippen LogP contribution >= 0.6 is 11.8 Å². The minimum absolute atomic E-state index is 0.00878. The number of thioether (sulfide) groups is 1. The number of rotatable bonds is 11. The van der Waals surface area contributed by atoms with E-state index in [2.05, 4.69) is 0 Å². The van der Waals surface area contributed by atoms with Crippen LogP contribution in [0.4, 0.5) is 22.0 Å². The molecular formula is C34H37F5N4O2S. The molecule has 0 saturated carbocycles. The van der Waals surface area contributed by atoms with Crippen LogP contribution < -0.4 is 5.73 Å². The number of hydrogen-bond donors (Lipinski definition) is 1. The van der Waals surface area contributed by atoms with Crippen LogP contribution in [0.2, 0.25) is 0 Å². The minimum Gasteiger partial charge on any atom is -0.493 e. The third-order valence-corrected chi connectivity index (χ3v) is 7.88. The molecule has 0 atom stereocenters. The molecule has 0 aromatic heterocycles. The summed E-state index contributed by atoms with van der Waals surface area (Å²) >= 11 is 1.43. The molecule has 4 rings (SSSR count). The molecule has 0 aliphatic carbocycles. The highest BCUT2D eigenvalue weighted by Gasteiger charge is 2.30. The maximum absolute atomic E-state index is 13.6. The zero-order valence-electron chi connectivity index (χ0n) is 25.9. The van der Waals surface area contributed by atoms with Gasteiger partial charge in [-0.15, -0.1) is 0 Å². The summed E-state index contributed by atoms with van der Waals surface area (Å²) < 4.78 is 67.2. The molecular weight excluding hydrogens is 623 g/mol. The summed E-state index contributed by atoms with van der Waals surface area (Å²) in [6, 6.07) is 18.6. The second kappa shape index (κ2) is 17.5. The molecule has 0 radical (unpaired) electrons. The van der Waals surface area contributed by atoms with Gasteiger partial charge in [0.1, 0.15) is 18.1 Å². The number of nitrogens with two attached hydrogens (primary N) is 1. The van der Waals surface area contributed by atoms with Gasteiger partial charge < -0.3 is 20.3 Å². The molecule has 1 aliphatic rings. The molecule has 1 aliphatic heterocycles. The Kier molecular flexibility index (Phi) is 13.8. The lowest BCUT2D eigenvalue weighted by Gasteiger charge is -2.30. The molecule has 2 N–H and O–H groups in total. The summed E-state index contributed by atoms with van der Waals surface area (Å²) in [5.41, 5.74) is 9.02. The molecule has 0 unspecified atom stereocenters.